The maximum Gasteiger partial charge on any atom is 0.338 e. The van der Waals surface area contributed by atoms with Crippen molar-refractivity contribution in [1.29, 1.82) is 0 Å². The number of carbonyl (C=O) groups excluding carboxylic acids is 3. The van der Waals surface area contributed by atoms with E-state index in [9.17, 15) is 22.8 Å². The van der Waals surface area contributed by atoms with E-state index in [4.69, 9.17) is 4.74 Å². The Bertz CT molecular complexity index is 1310. The standard InChI is InChI=1S/C22H13BrO6S/c23-15-8-5-13(6-9-15)18(24)12-29-22(26)14-7-10-17-20(11-14)30(27,28)19-4-2-1-3-16(19)21(17)25/h1-11H,12H2. The summed E-state index contributed by atoms with van der Waals surface area (Å²) >= 11 is 3.27. The Kier molecular flexibility index (Phi) is 5.13. The third kappa shape index (κ3) is 3.48. The van der Waals surface area contributed by atoms with Gasteiger partial charge in [-0.05, 0) is 42.5 Å². The molecule has 0 spiro atoms. The van der Waals surface area contributed by atoms with Crippen molar-refractivity contribution in [3.8, 4) is 0 Å². The monoisotopic (exact) mass is 484 g/mol. The molecule has 6 nitrogen and oxygen atoms in total. The van der Waals surface area contributed by atoms with Gasteiger partial charge in [0.2, 0.25) is 9.84 Å². The van der Waals surface area contributed by atoms with Gasteiger partial charge in [0.15, 0.2) is 18.2 Å². The van der Waals surface area contributed by atoms with Gasteiger partial charge < -0.3 is 4.74 Å². The summed E-state index contributed by atoms with van der Waals surface area (Å²) in [5, 5.41) is 0. The second kappa shape index (κ2) is 7.62. The second-order valence-electron chi connectivity index (χ2n) is 6.55. The van der Waals surface area contributed by atoms with Crippen molar-refractivity contribution in [1.82, 2.24) is 0 Å². The van der Waals surface area contributed by atoms with Crippen LogP contribution in [0, 0.1) is 0 Å². The number of rotatable bonds is 4. The number of ketones is 2. The molecular weight excluding hydrogens is 472 g/mol. The zero-order chi connectivity index (χ0) is 21.5. The van der Waals surface area contributed by atoms with Crippen LogP contribution >= 0.6 is 15.9 Å². The van der Waals surface area contributed by atoms with Gasteiger partial charge in [-0.3, -0.25) is 9.59 Å². The number of esters is 1. The maximum atomic E-state index is 12.9. The number of Topliss-reactive ketones (excluding diaryl/α,β-unsaturated/α-hetero) is 1. The molecule has 30 heavy (non-hydrogen) atoms. The summed E-state index contributed by atoms with van der Waals surface area (Å²) in [6.45, 7) is -0.494. The Morgan fingerprint density at radius 3 is 2.20 bits per heavy atom. The summed E-state index contributed by atoms with van der Waals surface area (Å²) < 4.78 is 31.7. The Labute approximate surface area is 180 Å². The number of carbonyl (C=O) groups is 3. The van der Waals surface area contributed by atoms with E-state index in [1.54, 1.807) is 30.3 Å². The predicted molar refractivity (Wildman–Crippen MR) is 111 cm³/mol. The van der Waals surface area contributed by atoms with E-state index in [2.05, 4.69) is 15.9 Å². The van der Waals surface area contributed by atoms with Crippen molar-refractivity contribution < 1.29 is 27.5 Å². The van der Waals surface area contributed by atoms with Crippen LogP contribution in [0.3, 0.4) is 0 Å². The van der Waals surface area contributed by atoms with Gasteiger partial charge in [-0.1, -0.05) is 40.2 Å². The topological polar surface area (TPSA) is 94.6 Å². The van der Waals surface area contributed by atoms with Gasteiger partial charge in [0.1, 0.15) is 0 Å². The van der Waals surface area contributed by atoms with Crippen molar-refractivity contribution in [2.75, 3.05) is 6.61 Å². The molecule has 150 valence electrons. The highest BCUT2D eigenvalue weighted by molar-refractivity contribution is 9.10. The lowest BCUT2D eigenvalue weighted by Crippen LogP contribution is -2.21. The summed E-state index contributed by atoms with van der Waals surface area (Å²) in [7, 11) is -3.97. The van der Waals surface area contributed by atoms with Crippen LogP contribution < -0.4 is 0 Å². The SMILES string of the molecule is O=C(COC(=O)c1ccc2c(c1)S(=O)(=O)c1ccccc1C2=O)c1ccc(Br)cc1. The number of ether oxygens (including phenoxy) is 1. The summed E-state index contributed by atoms with van der Waals surface area (Å²) in [5.41, 5.74) is 0.408. The van der Waals surface area contributed by atoms with Gasteiger partial charge in [-0.2, -0.15) is 0 Å². The Balaban J connectivity index is 1.59. The highest BCUT2D eigenvalue weighted by Crippen LogP contribution is 2.34. The predicted octanol–water partition coefficient (Wildman–Crippen LogP) is 3.87. The highest BCUT2D eigenvalue weighted by Gasteiger charge is 2.35. The van der Waals surface area contributed by atoms with E-state index >= 15 is 0 Å². The molecule has 0 aromatic heterocycles. The van der Waals surface area contributed by atoms with Crippen LogP contribution in [0.4, 0.5) is 0 Å². The molecular formula is C22H13BrO6S. The third-order valence-electron chi connectivity index (χ3n) is 4.67. The molecule has 0 unspecified atom stereocenters. The van der Waals surface area contributed by atoms with E-state index < -0.39 is 34.0 Å². The quantitative estimate of drug-likeness (QED) is 0.322. The number of hydrogen-bond acceptors (Lipinski definition) is 6. The maximum absolute atomic E-state index is 12.9. The smallest absolute Gasteiger partial charge is 0.338 e. The molecule has 1 heterocycles. The molecule has 0 saturated heterocycles. The first-order valence-corrected chi connectivity index (χ1v) is 11.1. The van der Waals surface area contributed by atoms with E-state index in [0.717, 1.165) is 10.5 Å². The summed E-state index contributed by atoms with van der Waals surface area (Å²) in [4.78, 5) is 36.9. The minimum absolute atomic E-state index is 0.00353. The lowest BCUT2D eigenvalue weighted by molar-refractivity contribution is 0.0474. The van der Waals surface area contributed by atoms with Crippen LogP contribution in [0.25, 0.3) is 0 Å². The average molecular weight is 485 g/mol. The fraction of sp³-hybridized carbons (Fsp3) is 0.0455. The van der Waals surface area contributed by atoms with Gasteiger partial charge in [0.05, 0.1) is 15.4 Å². The molecule has 0 radical (unpaired) electrons. The van der Waals surface area contributed by atoms with Crippen molar-refractivity contribution in [3.63, 3.8) is 0 Å². The van der Waals surface area contributed by atoms with Crippen molar-refractivity contribution >= 4 is 43.3 Å². The molecule has 3 aromatic rings. The van der Waals surface area contributed by atoms with Crippen molar-refractivity contribution in [3.05, 3.63) is 93.5 Å². The van der Waals surface area contributed by atoms with Crippen LogP contribution in [0.5, 0.6) is 0 Å². The lowest BCUT2D eigenvalue weighted by Gasteiger charge is -2.19. The van der Waals surface area contributed by atoms with E-state index in [1.807, 2.05) is 0 Å². The molecule has 0 amide bonds. The van der Waals surface area contributed by atoms with Gasteiger partial charge in [-0.25, -0.2) is 13.2 Å². The second-order valence-corrected chi connectivity index (χ2v) is 9.35. The lowest BCUT2D eigenvalue weighted by atomic mass is 10.0. The first kappa shape index (κ1) is 20.2. The van der Waals surface area contributed by atoms with E-state index in [0.29, 0.717) is 5.56 Å². The largest absolute Gasteiger partial charge is 0.454 e. The summed E-state index contributed by atoms with van der Waals surface area (Å²) in [6.07, 6.45) is 0. The molecule has 0 aliphatic carbocycles. The number of sulfone groups is 1. The number of benzene rings is 3. The van der Waals surface area contributed by atoms with Crippen molar-refractivity contribution in [2.24, 2.45) is 0 Å². The van der Waals surface area contributed by atoms with Crippen LogP contribution in [-0.2, 0) is 14.6 Å². The van der Waals surface area contributed by atoms with Gasteiger partial charge in [0, 0.05) is 21.2 Å². The summed E-state index contributed by atoms with van der Waals surface area (Å²) in [5.74, 6) is -1.68. The van der Waals surface area contributed by atoms with Gasteiger partial charge >= 0.3 is 5.97 Å². The normalized spacial score (nSPS) is 13.8. The molecule has 1 aliphatic heterocycles. The minimum atomic E-state index is -3.97. The number of halogens is 1. The third-order valence-corrected chi connectivity index (χ3v) is 7.05. The molecule has 8 heteroatoms. The first-order chi connectivity index (χ1) is 14.3. The molecule has 0 saturated carbocycles. The Morgan fingerprint density at radius 2 is 1.47 bits per heavy atom. The fourth-order valence-electron chi connectivity index (χ4n) is 3.14. The van der Waals surface area contributed by atoms with Gasteiger partial charge in [-0.15, -0.1) is 0 Å². The molecule has 0 atom stereocenters. The Morgan fingerprint density at radius 1 is 0.833 bits per heavy atom. The van der Waals surface area contributed by atoms with Crippen molar-refractivity contribution in [2.45, 2.75) is 9.79 Å². The molecule has 0 N–H and O–H groups in total. The van der Waals surface area contributed by atoms with E-state index in [-0.39, 0.29) is 26.5 Å². The van der Waals surface area contributed by atoms with Crippen LogP contribution in [-0.4, -0.2) is 32.6 Å². The minimum Gasteiger partial charge on any atom is -0.454 e. The highest BCUT2D eigenvalue weighted by atomic mass is 79.9. The molecule has 0 fully saturated rings. The zero-order valence-corrected chi connectivity index (χ0v) is 17.7. The van der Waals surface area contributed by atoms with E-state index in [1.165, 1.54) is 30.3 Å². The molecule has 0 bridgehead atoms. The first-order valence-electron chi connectivity index (χ1n) is 8.78. The van der Waals surface area contributed by atoms with Crippen LogP contribution in [0.1, 0.15) is 36.6 Å². The summed E-state index contributed by atoms with van der Waals surface area (Å²) in [6, 6.07) is 16.2. The number of hydrogen-bond donors (Lipinski definition) is 0. The molecule has 3 aromatic carbocycles. The van der Waals surface area contributed by atoms with Crippen LogP contribution in [0.15, 0.2) is 81.0 Å². The van der Waals surface area contributed by atoms with Gasteiger partial charge in [0.25, 0.3) is 0 Å². The zero-order valence-electron chi connectivity index (χ0n) is 15.3. The fourth-order valence-corrected chi connectivity index (χ4v) is 5.09. The average Bonchev–Trinajstić information content (AvgIpc) is 2.76. The Hall–Kier alpha value is -3.10. The molecule has 1 aliphatic rings. The molecule has 4 rings (SSSR count). The number of fused-ring (bicyclic) bond motifs is 2. The van der Waals surface area contributed by atoms with Crippen LogP contribution in [0.2, 0.25) is 0 Å².